The zero-order chi connectivity index (χ0) is 29.2. The molecule has 13 heteroatoms. The van der Waals surface area contributed by atoms with Crippen LogP contribution in [0.5, 0.6) is 5.75 Å². The molecule has 4 N–H and O–H groups in total. The number of carbonyl (C=O) groups is 2. The standard InChI is InChI=1S/C26H37N5O7S/c1-17-15-22(36-5)18(2)19(3)23(17)39(34,35)30-25(27)28-14-10-13-21(24(32)31(4)37-6)29-26(33)38-16-20-11-8-7-9-12-20/h7-9,11-12,15,21H,10,13-14,16H2,1-6H3,(H,29,33)(H3,27,28,30)/t21-/m0/s1. The third-order valence-electron chi connectivity index (χ3n) is 6.03. The summed E-state index contributed by atoms with van der Waals surface area (Å²) in [5.41, 5.74) is 8.41. The molecule has 0 heterocycles. The van der Waals surface area contributed by atoms with Crippen molar-refractivity contribution in [2.45, 2.75) is 51.2 Å². The summed E-state index contributed by atoms with van der Waals surface area (Å²) in [6.07, 6.45) is -0.292. The number of alkyl carbamates (subject to hydrolysis) is 1. The van der Waals surface area contributed by atoms with Gasteiger partial charge in [0.15, 0.2) is 0 Å². The number of benzene rings is 2. The lowest BCUT2D eigenvalue weighted by atomic mass is 10.1. The summed E-state index contributed by atoms with van der Waals surface area (Å²) in [4.78, 5) is 34.1. The van der Waals surface area contributed by atoms with Crippen molar-refractivity contribution >= 4 is 28.0 Å². The van der Waals surface area contributed by atoms with Gasteiger partial charge >= 0.3 is 6.09 Å². The summed E-state index contributed by atoms with van der Waals surface area (Å²) in [7, 11) is 0.259. The van der Waals surface area contributed by atoms with Crippen LogP contribution in [0.2, 0.25) is 0 Å². The van der Waals surface area contributed by atoms with E-state index in [0.717, 1.165) is 10.6 Å². The molecule has 214 valence electrons. The van der Waals surface area contributed by atoms with Crippen LogP contribution in [0.4, 0.5) is 4.79 Å². The monoisotopic (exact) mass is 563 g/mol. The number of aryl methyl sites for hydroxylation is 1. The van der Waals surface area contributed by atoms with E-state index >= 15 is 0 Å². The number of hydrogen-bond acceptors (Lipinski definition) is 8. The predicted octanol–water partition coefficient (Wildman–Crippen LogP) is 2.31. The highest BCUT2D eigenvalue weighted by molar-refractivity contribution is 7.90. The van der Waals surface area contributed by atoms with Gasteiger partial charge in [-0.05, 0) is 61.9 Å². The number of aliphatic imine (C=N–C) groups is 1. The molecule has 0 bridgehead atoms. The lowest BCUT2D eigenvalue weighted by Gasteiger charge is -2.22. The lowest BCUT2D eigenvalue weighted by Crippen LogP contribution is -2.47. The van der Waals surface area contributed by atoms with Gasteiger partial charge in [0, 0.05) is 13.6 Å². The van der Waals surface area contributed by atoms with Crippen molar-refractivity contribution in [1.29, 1.82) is 0 Å². The van der Waals surface area contributed by atoms with Crippen LogP contribution in [-0.4, -0.2) is 65.3 Å². The van der Waals surface area contributed by atoms with E-state index in [9.17, 15) is 18.0 Å². The number of nitrogens with zero attached hydrogens (tertiary/aromatic N) is 2. The first kappa shape index (κ1) is 31.4. The zero-order valence-electron chi connectivity index (χ0n) is 23.1. The minimum absolute atomic E-state index is 0.0430. The lowest BCUT2D eigenvalue weighted by molar-refractivity contribution is -0.171. The Kier molecular flexibility index (Phi) is 11.5. The molecule has 2 amide bonds. The summed E-state index contributed by atoms with van der Waals surface area (Å²) >= 11 is 0. The van der Waals surface area contributed by atoms with Crippen LogP contribution in [0.3, 0.4) is 0 Å². The Labute approximate surface area is 229 Å². The van der Waals surface area contributed by atoms with Crippen molar-refractivity contribution in [2.24, 2.45) is 10.7 Å². The minimum atomic E-state index is -4.01. The zero-order valence-corrected chi connectivity index (χ0v) is 23.9. The number of guanidine groups is 1. The quantitative estimate of drug-likeness (QED) is 0.153. The first-order valence-corrected chi connectivity index (χ1v) is 13.7. The summed E-state index contributed by atoms with van der Waals surface area (Å²) in [5.74, 6) is -0.201. The fourth-order valence-corrected chi connectivity index (χ4v) is 5.32. The van der Waals surface area contributed by atoms with Crippen molar-refractivity contribution in [2.75, 3.05) is 27.8 Å². The van der Waals surface area contributed by atoms with Gasteiger partial charge < -0.3 is 20.5 Å². The summed E-state index contributed by atoms with van der Waals surface area (Å²) < 4.78 is 38.9. The van der Waals surface area contributed by atoms with Crippen LogP contribution >= 0.6 is 0 Å². The smallest absolute Gasteiger partial charge is 0.408 e. The first-order valence-electron chi connectivity index (χ1n) is 12.2. The highest BCUT2D eigenvalue weighted by atomic mass is 32.2. The number of nitrogens with one attached hydrogen (secondary N) is 2. The van der Waals surface area contributed by atoms with E-state index in [1.165, 1.54) is 21.3 Å². The molecule has 12 nitrogen and oxygen atoms in total. The van der Waals surface area contributed by atoms with Crippen LogP contribution in [0.15, 0.2) is 46.3 Å². The van der Waals surface area contributed by atoms with Gasteiger partial charge in [0.2, 0.25) is 5.96 Å². The molecule has 0 aliphatic rings. The van der Waals surface area contributed by atoms with E-state index in [4.69, 9.17) is 20.0 Å². The molecule has 0 saturated carbocycles. The Hall–Kier alpha value is -3.84. The van der Waals surface area contributed by atoms with Crippen molar-refractivity contribution < 1.29 is 32.3 Å². The van der Waals surface area contributed by atoms with Gasteiger partial charge in [-0.2, -0.15) is 0 Å². The van der Waals surface area contributed by atoms with Crippen molar-refractivity contribution in [1.82, 2.24) is 15.1 Å². The Morgan fingerprint density at radius 1 is 1.10 bits per heavy atom. The second-order valence-corrected chi connectivity index (χ2v) is 10.4. The number of nitrogens with two attached hydrogens (primary N) is 1. The van der Waals surface area contributed by atoms with Crippen molar-refractivity contribution in [3.8, 4) is 5.75 Å². The van der Waals surface area contributed by atoms with Crippen LogP contribution < -0.4 is 20.5 Å². The molecule has 0 saturated heterocycles. The van der Waals surface area contributed by atoms with Gasteiger partial charge in [-0.1, -0.05) is 30.3 Å². The number of sulfonamides is 1. The fraction of sp³-hybridized carbons (Fsp3) is 0.423. The molecular weight excluding hydrogens is 526 g/mol. The summed E-state index contributed by atoms with van der Waals surface area (Å²) in [6.45, 7) is 5.27. The van der Waals surface area contributed by atoms with E-state index in [2.05, 4.69) is 15.0 Å². The number of methoxy groups -OCH3 is 1. The Bertz CT molecular complexity index is 1280. The van der Waals surface area contributed by atoms with Crippen LogP contribution in [-0.2, 0) is 31.0 Å². The topological polar surface area (TPSA) is 162 Å². The summed E-state index contributed by atoms with van der Waals surface area (Å²) in [5, 5.41) is 3.54. The largest absolute Gasteiger partial charge is 0.496 e. The van der Waals surface area contributed by atoms with Crippen LogP contribution in [0.1, 0.15) is 35.1 Å². The molecule has 2 aromatic rings. The molecule has 0 aliphatic carbocycles. The highest BCUT2D eigenvalue weighted by Gasteiger charge is 2.25. The second-order valence-electron chi connectivity index (χ2n) is 8.77. The molecule has 0 radical (unpaired) electrons. The van der Waals surface area contributed by atoms with Crippen LogP contribution in [0, 0.1) is 20.8 Å². The number of carbonyl (C=O) groups excluding carboxylic acids is 2. The molecule has 0 fully saturated rings. The molecule has 1 atom stereocenters. The number of amides is 2. The van der Waals surface area contributed by atoms with Gasteiger partial charge in [-0.25, -0.2) is 23.0 Å². The first-order chi connectivity index (χ1) is 18.4. The average Bonchev–Trinajstić information content (AvgIpc) is 2.90. The molecule has 2 aromatic carbocycles. The van der Waals surface area contributed by atoms with Gasteiger partial charge in [-0.15, -0.1) is 0 Å². The maximum Gasteiger partial charge on any atom is 0.408 e. The third kappa shape index (κ3) is 8.86. The minimum Gasteiger partial charge on any atom is -0.496 e. The molecule has 39 heavy (non-hydrogen) atoms. The maximum absolute atomic E-state index is 13.0. The second kappa shape index (κ2) is 14.4. The molecule has 0 spiro atoms. The number of hydrogen-bond donors (Lipinski definition) is 3. The highest BCUT2D eigenvalue weighted by Crippen LogP contribution is 2.30. The molecule has 0 aliphatic heterocycles. The maximum atomic E-state index is 13.0. The van der Waals surface area contributed by atoms with Gasteiger partial charge in [-0.3, -0.25) is 14.6 Å². The number of rotatable bonds is 12. The Balaban J connectivity index is 2.01. The van der Waals surface area contributed by atoms with E-state index in [0.29, 0.717) is 28.9 Å². The third-order valence-corrected chi connectivity index (χ3v) is 7.67. The predicted molar refractivity (Wildman–Crippen MR) is 147 cm³/mol. The summed E-state index contributed by atoms with van der Waals surface area (Å²) in [6, 6.07) is 9.80. The normalized spacial score (nSPS) is 12.4. The van der Waals surface area contributed by atoms with Gasteiger partial charge in [0.05, 0.1) is 19.1 Å². The number of hydroxylamine groups is 2. The van der Waals surface area contributed by atoms with E-state index in [1.807, 2.05) is 30.3 Å². The average molecular weight is 564 g/mol. The van der Waals surface area contributed by atoms with E-state index in [-0.39, 0.29) is 30.4 Å². The van der Waals surface area contributed by atoms with Gasteiger partial charge in [0.1, 0.15) is 18.4 Å². The Morgan fingerprint density at radius 2 is 1.77 bits per heavy atom. The SMILES string of the molecule is COc1cc(C)c(S(=O)(=O)NC(N)=NCCC[C@H](NC(=O)OCc2ccccc2)C(=O)N(C)OC)c(C)c1C. The molecule has 0 unspecified atom stereocenters. The number of likely N-dealkylation sites (N-methyl/N-ethyl adjacent to an activating group) is 1. The molecule has 2 rings (SSSR count). The van der Waals surface area contributed by atoms with Crippen molar-refractivity contribution in [3.63, 3.8) is 0 Å². The van der Waals surface area contributed by atoms with Crippen LogP contribution in [0.25, 0.3) is 0 Å². The van der Waals surface area contributed by atoms with E-state index in [1.54, 1.807) is 26.8 Å². The molecular formula is C26H37N5O7S. The Morgan fingerprint density at radius 3 is 2.38 bits per heavy atom. The fourth-order valence-electron chi connectivity index (χ4n) is 3.84. The number of ether oxygens (including phenoxy) is 2. The van der Waals surface area contributed by atoms with Gasteiger partial charge in [0.25, 0.3) is 15.9 Å². The molecule has 0 aromatic heterocycles. The van der Waals surface area contributed by atoms with Crippen molar-refractivity contribution in [3.05, 3.63) is 58.7 Å². The van der Waals surface area contributed by atoms with E-state index < -0.39 is 28.1 Å².